The Bertz CT molecular complexity index is 931. The molecule has 0 saturated carbocycles. The predicted octanol–water partition coefficient (Wildman–Crippen LogP) is 3.16. The number of hydrogen-bond acceptors (Lipinski definition) is 6. The third-order valence-corrected chi connectivity index (χ3v) is 5.13. The molecule has 3 N–H and O–H groups in total. The lowest BCUT2D eigenvalue weighted by Gasteiger charge is -2.08. The number of aromatic nitrogens is 3. The molecule has 0 aliphatic rings. The fourth-order valence-corrected chi connectivity index (χ4v) is 3.31. The van der Waals surface area contributed by atoms with Crippen molar-refractivity contribution in [3.05, 3.63) is 53.0 Å². The van der Waals surface area contributed by atoms with Gasteiger partial charge in [-0.2, -0.15) is 0 Å². The van der Waals surface area contributed by atoms with Crippen molar-refractivity contribution in [2.45, 2.75) is 5.16 Å². The molecule has 7 nitrogen and oxygen atoms in total. The highest BCUT2D eigenvalue weighted by Gasteiger charge is 2.16. The third-order valence-electron chi connectivity index (χ3n) is 3.49. The normalized spacial score (nSPS) is 10.5. The summed E-state index contributed by atoms with van der Waals surface area (Å²) in [5, 5.41) is 11.5. The Hall–Kier alpha value is -2.52. The molecule has 0 aliphatic carbocycles. The molecule has 2 aromatic carbocycles. The summed E-state index contributed by atoms with van der Waals surface area (Å²) >= 11 is 4.60. The number of amides is 1. The van der Waals surface area contributed by atoms with E-state index in [9.17, 15) is 4.79 Å². The molecule has 0 spiro atoms. The van der Waals surface area contributed by atoms with Gasteiger partial charge < -0.3 is 15.9 Å². The van der Waals surface area contributed by atoms with Crippen LogP contribution in [0.2, 0.25) is 0 Å². The number of anilines is 1. The van der Waals surface area contributed by atoms with E-state index in [4.69, 9.17) is 10.6 Å². The van der Waals surface area contributed by atoms with E-state index in [0.29, 0.717) is 22.4 Å². The van der Waals surface area contributed by atoms with E-state index in [1.54, 1.807) is 7.11 Å². The van der Waals surface area contributed by atoms with Crippen LogP contribution in [-0.2, 0) is 4.79 Å². The summed E-state index contributed by atoms with van der Waals surface area (Å²) in [6.07, 6.45) is 0. The number of halogens is 1. The molecule has 0 saturated heterocycles. The molecule has 3 rings (SSSR count). The van der Waals surface area contributed by atoms with Crippen molar-refractivity contribution in [3.8, 4) is 17.1 Å². The summed E-state index contributed by atoms with van der Waals surface area (Å²) in [6.45, 7) is 0. The van der Waals surface area contributed by atoms with Gasteiger partial charge in [-0.15, -0.1) is 10.2 Å². The standard InChI is InChI=1S/C17H16BrN5O2S/c1-25-14-9-5-2-6-11(14)16-21-22-17(23(16)19)26-10-15(24)20-13-8-4-3-7-12(13)18/h2-9H,10,19H2,1H3,(H,20,24). The Morgan fingerprint density at radius 2 is 1.96 bits per heavy atom. The number of methoxy groups -OCH3 is 1. The highest BCUT2D eigenvalue weighted by atomic mass is 79.9. The fourth-order valence-electron chi connectivity index (χ4n) is 2.27. The topological polar surface area (TPSA) is 95.1 Å². The van der Waals surface area contributed by atoms with Crippen LogP contribution in [-0.4, -0.2) is 33.6 Å². The molecule has 0 aliphatic heterocycles. The first-order valence-corrected chi connectivity index (χ1v) is 9.39. The van der Waals surface area contributed by atoms with E-state index in [1.165, 1.54) is 16.4 Å². The molecule has 1 heterocycles. The van der Waals surface area contributed by atoms with Gasteiger partial charge in [0.25, 0.3) is 0 Å². The number of rotatable bonds is 6. The van der Waals surface area contributed by atoms with Crippen molar-refractivity contribution in [2.24, 2.45) is 0 Å². The molecule has 0 radical (unpaired) electrons. The van der Waals surface area contributed by atoms with Gasteiger partial charge in [-0.1, -0.05) is 36.0 Å². The second kappa shape index (κ2) is 8.24. The number of nitrogen functional groups attached to an aromatic ring is 1. The number of thioether (sulfide) groups is 1. The van der Waals surface area contributed by atoms with E-state index in [1.807, 2.05) is 48.5 Å². The molecule has 0 bridgehead atoms. The Balaban J connectivity index is 1.69. The van der Waals surface area contributed by atoms with Gasteiger partial charge in [0.15, 0.2) is 5.82 Å². The first-order chi connectivity index (χ1) is 12.6. The van der Waals surface area contributed by atoms with Crippen LogP contribution in [0, 0.1) is 0 Å². The van der Waals surface area contributed by atoms with Crippen LogP contribution in [0.3, 0.4) is 0 Å². The summed E-state index contributed by atoms with van der Waals surface area (Å²) in [5.41, 5.74) is 1.44. The van der Waals surface area contributed by atoms with E-state index >= 15 is 0 Å². The Morgan fingerprint density at radius 1 is 1.23 bits per heavy atom. The first kappa shape index (κ1) is 18.3. The smallest absolute Gasteiger partial charge is 0.234 e. The number of nitrogens with two attached hydrogens (primary N) is 1. The molecule has 0 fully saturated rings. The maximum atomic E-state index is 12.2. The SMILES string of the molecule is COc1ccccc1-c1nnc(SCC(=O)Nc2ccccc2Br)n1N. The summed E-state index contributed by atoms with van der Waals surface area (Å²) in [7, 11) is 1.58. The Morgan fingerprint density at radius 3 is 2.73 bits per heavy atom. The quantitative estimate of drug-likeness (QED) is 0.457. The number of nitrogens with one attached hydrogen (secondary N) is 1. The predicted molar refractivity (Wildman–Crippen MR) is 106 cm³/mol. The number of nitrogens with zero attached hydrogens (tertiary/aromatic N) is 3. The van der Waals surface area contributed by atoms with Crippen LogP contribution in [0.1, 0.15) is 0 Å². The molecule has 0 unspecified atom stereocenters. The van der Waals surface area contributed by atoms with E-state index in [-0.39, 0.29) is 11.7 Å². The molecule has 26 heavy (non-hydrogen) atoms. The third kappa shape index (κ3) is 4.00. The lowest BCUT2D eigenvalue weighted by atomic mass is 10.2. The lowest BCUT2D eigenvalue weighted by molar-refractivity contribution is -0.113. The fraction of sp³-hybridized carbons (Fsp3) is 0.118. The first-order valence-electron chi connectivity index (χ1n) is 7.61. The number of ether oxygens (including phenoxy) is 1. The average Bonchev–Trinajstić information content (AvgIpc) is 3.02. The summed E-state index contributed by atoms with van der Waals surface area (Å²) < 4.78 is 7.50. The van der Waals surface area contributed by atoms with Crippen molar-refractivity contribution in [3.63, 3.8) is 0 Å². The summed E-state index contributed by atoms with van der Waals surface area (Å²) in [5.74, 6) is 7.21. The average molecular weight is 434 g/mol. The minimum atomic E-state index is -0.163. The number of carbonyl (C=O) groups is 1. The van der Waals surface area contributed by atoms with Crippen LogP contribution in [0.4, 0.5) is 5.69 Å². The zero-order chi connectivity index (χ0) is 18.5. The molecular formula is C17H16BrN5O2S. The van der Waals surface area contributed by atoms with Crippen molar-refractivity contribution in [1.82, 2.24) is 14.9 Å². The molecule has 9 heteroatoms. The molecule has 3 aromatic rings. The van der Waals surface area contributed by atoms with Gasteiger partial charge in [-0.3, -0.25) is 4.79 Å². The van der Waals surface area contributed by atoms with Crippen LogP contribution in [0.5, 0.6) is 5.75 Å². The number of benzene rings is 2. The Kier molecular flexibility index (Phi) is 5.79. The van der Waals surface area contributed by atoms with Crippen molar-refractivity contribution >= 4 is 39.3 Å². The lowest BCUT2D eigenvalue weighted by Crippen LogP contribution is -2.16. The van der Waals surface area contributed by atoms with Crippen molar-refractivity contribution < 1.29 is 9.53 Å². The molecule has 1 amide bonds. The molecule has 0 atom stereocenters. The molecular weight excluding hydrogens is 418 g/mol. The zero-order valence-electron chi connectivity index (χ0n) is 13.8. The second-order valence-corrected chi connectivity index (χ2v) is 6.99. The van der Waals surface area contributed by atoms with Crippen molar-refractivity contribution in [1.29, 1.82) is 0 Å². The Labute approximate surface area is 163 Å². The highest BCUT2D eigenvalue weighted by Crippen LogP contribution is 2.29. The second-order valence-electron chi connectivity index (χ2n) is 5.19. The number of para-hydroxylation sites is 2. The summed E-state index contributed by atoms with van der Waals surface area (Å²) in [6, 6.07) is 14.8. The highest BCUT2D eigenvalue weighted by molar-refractivity contribution is 9.10. The van der Waals surface area contributed by atoms with Crippen LogP contribution in [0.25, 0.3) is 11.4 Å². The minimum absolute atomic E-state index is 0.155. The van der Waals surface area contributed by atoms with Gasteiger partial charge in [0.05, 0.1) is 24.1 Å². The summed E-state index contributed by atoms with van der Waals surface area (Å²) in [4.78, 5) is 12.2. The minimum Gasteiger partial charge on any atom is -0.496 e. The van der Waals surface area contributed by atoms with Crippen LogP contribution in [0.15, 0.2) is 58.2 Å². The van der Waals surface area contributed by atoms with E-state index in [2.05, 4.69) is 31.4 Å². The molecule has 134 valence electrons. The van der Waals surface area contributed by atoms with Gasteiger partial charge in [-0.05, 0) is 40.2 Å². The number of hydrogen-bond donors (Lipinski definition) is 2. The van der Waals surface area contributed by atoms with E-state index < -0.39 is 0 Å². The monoisotopic (exact) mass is 433 g/mol. The van der Waals surface area contributed by atoms with E-state index in [0.717, 1.165) is 10.0 Å². The molecule has 1 aromatic heterocycles. The largest absolute Gasteiger partial charge is 0.496 e. The van der Waals surface area contributed by atoms with Gasteiger partial charge in [-0.25, -0.2) is 4.68 Å². The van der Waals surface area contributed by atoms with Gasteiger partial charge in [0.1, 0.15) is 5.75 Å². The van der Waals surface area contributed by atoms with Crippen LogP contribution < -0.4 is 15.9 Å². The number of carbonyl (C=O) groups excluding carboxylic acids is 1. The zero-order valence-corrected chi connectivity index (χ0v) is 16.3. The van der Waals surface area contributed by atoms with Gasteiger partial charge in [0, 0.05) is 4.47 Å². The van der Waals surface area contributed by atoms with Gasteiger partial charge >= 0.3 is 0 Å². The maximum absolute atomic E-state index is 12.2. The van der Waals surface area contributed by atoms with Crippen molar-refractivity contribution in [2.75, 3.05) is 24.0 Å². The maximum Gasteiger partial charge on any atom is 0.234 e. The van der Waals surface area contributed by atoms with Crippen LogP contribution >= 0.6 is 27.7 Å². The van der Waals surface area contributed by atoms with Gasteiger partial charge in [0.2, 0.25) is 11.1 Å².